The van der Waals surface area contributed by atoms with Gasteiger partial charge in [0, 0.05) is 16.5 Å². The Bertz CT molecular complexity index is 1430. The van der Waals surface area contributed by atoms with Crippen molar-refractivity contribution in [3.63, 3.8) is 0 Å². The molecule has 0 fully saturated rings. The smallest absolute Gasteiger partial charge is 0.343 e. The lowest BCUT2D eigenvalue weighted by Crippen LogP contribution is -2.16. The number of para-hydroxylation sites is 1. The number of fused-ring (bicyclic) bond motifs is 1. The first-order chi connectivity index (χ1) is 16.9. The Morgan fingerprint density at radius 3 is 2.66 bits per heavy atom. The maximum absolute atomic E-state index is 12.8. The average Bonchev–Trinajstić information content (AvgIpc) is 3.27. The van der Waals surface area contributed by atoms with Gasteiger partial charge in [0.25, 0.3) is 0 Å². The van der Waals surface area contributed by atoms with Crippen molar-refractivity contribution in [1.29, 1.82) is 0 Å². The van der Waals surface area contributed by atoms with E-state index >= 15 is 0 Å². The maximum atomic E-state index is 12.8. The van der Waals surface area contributed by atoms with Gasteiger partial charge in [0.15, 0.2) is 11.6 Å². The predicted octanol–water partition coefficient (Wildman–Crippen LogP) is 5.22. The zero-order valence-electron chi connectivity index (χ0n) is 19.4. The molecule has 4 rings (SSSR count). The highest BCUT2D eigenvalue weighted by Gasteiger charge is 2.22. The maximum Gasteiger partial charge on any atom is 0.343 e. The fourth-order valence-corrected chi connectivity index (χ4v) is 3.68. The SMILES string of the molecule is CCOC(=O)c1cnn(-c2cc(C)c3cccc(OC)c3n2)c1NC(=O)/C=C/c1ccc(Cl)cc1. The molecular weight excluding hydrogens is 468 g/mol. The van der Waals surface area contributed by atoms with Crippen LogP contribution in [0.15, 0.2) is 60.8 Å². The molecule has 0 aliphatic carbocycles. The van der Waals surface area contributed by atoms with Gasteiger partial charge in [0.1, 0.15) is 16.8 Å². The summed E-state index contributed by atoms with van der Waals surface area (Å²) in [5, 5.41) is 8.60. The third kappa shape index (κ3) is 5.17. The number of hydrogen-bond acceptors (Lipinski definition) is 6. The van der Waals surface area contributed by atoms with Crippen molar-refractivity contribution in [2.24, 2.45) is 0 Å². The molecule has 4 aromatic rings. The molecule has 1 amide bonds. The van der Waals surface area contributed by atoms with E-state index in [0.29, 0.717) is 22.1 Å². The highest BCUT2D eigenvalue weighted by Crippen LogP contribution is 2.29. The summed E-state index contributed by atoms with van der Waals surface area (Å²) in [6.45, 7) is 3.82. The monoisotopic (exact) mass is 490 g/mol. The van der Waals surface area contributed by atoms with E-state index < -0.39 is 11.9 Å². The van der Waals surface area contributed by atoms with Crippen molar-refractivity contribution in [3.05, 3.63) is 82.5 Å². The normalized spacial score (nSPS) is 11.1. The number of aromatic nitrogens is 3. The second-order valence-corrected chi connectivity index (χ2v) is 8.00. The molecule has 0 spiro atoms. The van der Waals surface area contributed by atoms with E-state index in [-0.39, 0.29) is 18.0 Å². The van der Waals surface area contributed by atoms with Crippen LogP contribution in [0, 0.1) is 6.92 Å². The van der Waals surface area contributed by atoms with Gasteiger partial charge >= 0.3 is 5.97 Å². The lowest BCUT2D eigenvalue weighted by Gasteiger charge is -2.12. The van der Waals surface area contributed by atoms with E-state index in [4.69, 9.17) is 26.1 Å². The number of hydrogen-bond donors (Lipinski definition) is 1. The first-order valence-electron chi connectivity index (χ1n) is 10.9. The Morgan fingerprint density at radius 1 is 1.17 bits per heavy atom. The number of aryl methyl sites for hydroxylation is 1. The van der Waals surface area contributed by atoms with Gasteiger partial charge in [-0.2, -0.15) is 9.78 Å². The number of carbonyl (C=O) groups excluding carboxylic acids is 2. The number of benzene rings is 2. The molecule has 0 bridgehead atoms. The van der Waals surface area contributed by atoms with Gasteiger partial charge in [-0.25, -0.2) is 9.78 Å². The van der Waals surface area contributed by atoms with E-state index in [1.807, 2.05) is 31.2 Å². The highest BCUT2D eigenvalue weighted by molar-refractivity contribution is 6.30. The van der Waals surface area contributed by atoms with Gasteiger partial charge in [0.05, 0.1) is 19.9 Å². The molecule has 0 radical (unpaired) electrons. The van der Waals surface area contributed by atoms with E-state index in [1.54, 1.807) is 44.4 Å². The zero-order chi connectivity index (χ0) is 24.9. The van der Waals surface area contributed by atoms with Crippen LogP contribution < -0.4 is 10.1 Å². The number of rotatable bonds is 7. The molecule has 9 heteroatoms. The van der Waals surface area contributed by atoms with Crippen LogP contribution in [0.25, 0.3) is 22.8 Å². The zero-order valence-corrected chi connectivity index (χ0v) is 20.2. The first-order valence-corrected chi connectivity index (χ1v) is 11.2. The molecule has 0 atom stereocenters. The van der Waals surface area contributed by atoms with Crippen LogP contribution in [-0.2, 0) is 9.53 Å². The van der Waals surface area contributed by atoms with E-state index in [2.05, 4.69) is 10.4 Å². The predicted molar refractivity (Wildman–Crippen MR) is 135 cm³/mol. The number of halogens is 1. The van der Waals surface area contributed by atoms with Gasteiger partial charge in [-0.3, -0.25) is 4.79 Å². The summed E-state index contributed by atoms with van der Waals surface area (Å²) in [7, 11) is 1.57. The lowest BCUT2D eigenvalue weighted by molar-refractivity contribution is -0.111. The molecule has 2 heterocycles. The molecule has 35 heavy (non-hydrogen) atoms. The fraction of sp³-hybridized carbons (Fsp3) is 0.154. The number of nitrogens with one attached hydrogen (secondary N) is 1. The van der Waals surface area contributed by atoms with Gasteiger partial charge in [-0.05, 0) is 55.3 Å². The molecule has 0 saturated carbocycles. The van der Waals surface area contributed by atoms with Gasteiger partial charge in [0.2, 0.25) is 5.91 Å². The molecule has 1 N–H and O–H groups in total. The van der Waals surface area contributed by atoms with Gasteiger partial charge in [-0.1, -0.05) is 35.9 Å². The summed E-state index contributed by atoms with van der Waals surface area (Å²) in [4.78, 5) is 30.1. The van der Waals surface area contributed by atoms with E-state index in [0.717, 1.165) is 16.5 Å². The second kappa shape index (κ2) is 10.4. The third-order valence-corrected chi connectivity index (χ3v) is 5.49. The molecule has 0 aliphatic rings. The highest BCUT2D eigenvalue weighted by atomic mass is 35.5. The van der Waals surface area contributed by atoms with Crippen LogP contribution in [0.2, 0.25) is 5.02 Å². The molecule has 2 aromatic carbocycles. The van der Waals surface area contributed by atoms with Crippen LogP contribution >= 0.6 is 11.6 Å². The summed E-state index contributed by atoms with van der Waals surface area (Å²) < 4.78 is 12.0. The quantitative estimate of drug-likeness (QED) is 0.282. The number of ether oxygens (including phenoxy) is 2. The Kier molecular flexibility index (Phi) is 7.12. The Hall–Kier alpha value is -4.17. The van der Waals surface area contributed by atoms with Crippen LogP contribution in [-0.4, -0.2) is 40.4 Å². The Morgan fingerprint density at radius 2 is 1.94 bits per heavy atom. The molecular formula is C26H23ClN4O4. The van der Waals surface area contributed by atoms with Crippen LogP contribution in [0.5, 0.6) is 5.75 Å². The molecule has 0 aliphatic heterocycles. The molecule has 2 aromatic heterocycles. The van der Waals surface area contributed by atoms with E-state index in [1.165, 1.54) is 17.0 Å². The number of amides is 1. The minimum atomic E-state index is -0.606. The fourth-order valence-electron chi connectivity index (χ4n) is 3.55. The van der Waals surface area contributed by atoms with Crippen molar-refractivity contribution in [1.82, 2.24) is 14.8 Å². The number of pyridine rings is 1. The standard InChI is InChI=1S/C26H23ClN4O4/c1-4-35-26(33)20-15-28-31(22-14-16(2)19-6-5-7-21(34-3)24(19)29-22)25(20)30-23(32)13-10-17-8-11-18(27)12-9-17/h5-15H,4H2,1-3H3,(H,30,32)/b13-10+. The van der Waals surface area contributed by atoms with Crippen LogP contribution in [0.4, 0.5) is 5.82 Å². The van der Waals surface area contributed by atoms with Crippen molar-refractivity contribution in [2.45, 2.75) is 13.8 Å². The summed E-state index contributed by atoms with van der Waals surface area (Å²) >= 11 is 5.91. The Labute approximate surface area is 207 Å². The van der Waals surface area contributed by atoms with E-state index in [9.17, 15) is 9.59 Å². The summed E-state index contributed by atoms with van der Waals surface area (Å²) in [5.41, 5.74) is 2.47. The minimum Gasteiger partial charge on any atom is -0.494 e. The van der Waals surface area contributed by atoms with Crippen LogP contribution in [0.3, 0.4) is 0 Å². The molecule has 0 unspecified atom stereocenters. The summed E-state index contributed by atoms with van der Waals surface area (Å²) in [6, 6.07) is 14.5. The second-order valence-electron chi connectivity index (χ2n) is 7.57. The third-order valence-electron chi connectivity index (χ3n) is 5.24. The largest absolute Gasteiger partial charge is 0.494 e. The number of anilines is 1. The van der Waals surface area contributed by atoms with Gasteiger partial charge in [-0.15, -0.1) is 0 Å². The van der Waals surface area contributed by atoms with Crippen LogP contribution in [0.1, 0.15) is 28.4 Å². The number of carbonyl (C=O) groups is 2. The van der Waals surface area contributed by atoms with Crippen molar-refractivity contribution in [3.8, 4) is 11.6 Å². The number of nitrogens with zero attached hydrogens (tertiary/aromatic N) is 3. The van der Waals surface area contributed by atoms with Crippen molar-refractivity contribution < 1.29 is 19.1 Å². The molecule has 0 saturated heterocycles. The average molecular weight is 491 g/mol. The summed E-state index contributed by atoms with van der Waals surface area (Å²) in [5.74, 6) is 0.0947. The number of methoxy groups -OCH3 is 1. The summed E-state index contributed by atoms with van der Waals surface area (Å²) in [6.07, 6.45) is 4.34. The molecule has 8 nitrogen and oxygen atoms in total. The van der Waals surface area contributed by atoms with Crippen molar-refractivity contribution >= 4 is 46.3 Å². The number of esters is 1. The van der Waals surface area contributed by atoms with Gasteiger partial charge < -0.3 is 14.8 Å². The van der Waals surface area contributed by atoms with Crippen molar-refractivity contribution in [2.75, 3.05) is 19.0 Å². The minimum absolute atomic E-state index is 0.111. The topological polar surface area (TPSA) is 95.3 Å². The Balaban J connectivity index is 1.75. The first kappa shape index (κ1) is 24.0. The lowest BCUT2D eigenvalue weighted by atomic mass is 10.1. The molecule has 178 valence electrons.